The number of carbonyl (C=O) groups excluding carboxylic acids is 1. The second-order valence-electron chi connectivity index (χ2n) is 10.1. The Bertz CT molecular complexity index is 1450. The van der Waals surface area contributed by atoms with Gasteiger partial charge in [-0.05, 0) is 73.4 Å². The zero-order valence-corrected chi connectivity index (χ0v) is 22.3. The molecule has 3 aromatic rings. The van der Waals surface area contributed by atoms with Crippen LogP contribution in [0.1, 0.15) is 54.6 Å². The number of benzene rings is 2. The van der Waals surface area contributed by atoms with Crippen LogP contribution < -0.4 is 15.6 Å². The Balaban J connectivity index is 1.22. The first-order valence-electron chi connectivity index (χ1n) is 13.2. The van der Waals surface area contributed by atoms with Crippen LogP contribution in [-0.4, -0.2) is 42.9 Å². The van der Waals surface area contributed by atoms with Crippen LogP contribution in [0.4, 0.5) is 5.69 Å². The number of amides is 1. The van der Waals surface area contributed by atoms with Gasteiger partial charge < -0.3 is 14.6 Å². The van der Waals surface area contributed by atoms with Crippen molar-refractivity contribution in [2.75, 3.05) is 25.0 Å². The molecule has 1 fully saturated rings. The maximum absolute atomic E-state index is 13.5. The molecule has 1 N–H and O–H groups in total. The fraction of sp³-hybridized carbons (Fsp3) is 0.379. The molecule has 9 heteroatoms. The van der Waals surface area contributed by atoms with E-state index in [0.29, 0.717) is 37.5 Å². The van der Waals surface area contributed by atoms with Gasteiger partial charge in [0.2, 0.25) is 10.0 Å². The summed E-state index contributed by atoms with van der Waals surface area (Å²) in [5.74, 6) is 0.543. The van der Waals surface area contributed by atoms with Gasteiger partial charge in [0, 0.05) is 48.6 Å². The lowest BCUT2D eigenvalue weighted by atomic mass is 9.84. The lowest BCUT2D eigenvalue weighted by Crippen LogP contribution is -2.48. The average molecular weight is 536 g/mol. The molecule has 1 saturated heterocycles. The summed E-state index contributed by atoms with van der Waals surface area (Å²) in [7, 11) is -3.71. The van der Waals surface area contributed by atoms with Gasteiger partial charge in [-0.2, -0.15) is 4.31 Å². The third-order valence-corrected chi connectivity index (χ3v) is 9.18. The van der Waals surface area contributed by atoms with Crippen molar-refractivity contribution in [3.8, 4) is 5.75 Å². The molecule has 0 spiro atoms. The first-order chi connectivity index (χ1) is 18.3. The van der Waals surface area contributed by atoms with Crippen molar-refractivity contribution >= 4 is 21.6 Å². The van der Waals surface area contributed by atoms with Gasteiger partial charge in [-0.25, -0.2) is 8.42 Å². The van der Waals surface area contributed by atoms with Gasteiger partial charge in [0.25, 0.3) is 11.5 Å². The van der Waals surface area contributed by atoms with Crippen LogP contribution in [0, 0.1) is 5.92 Å². The molecule has 0 unspecified atom stereocenters. The highest BCUT2D eigenvalue weighted by molar-refractivity contribution is 7.89. The Morgan fingerprint density at radius 1 is 0.974 bits per heavy atom. The van der Waals surface area contributed by atoms with Crippen molar-refractivity contribution in [2.24, 2.45) is 5.92 Å². The smallest absolute Gasteiger partial charge is 0.255 e. The standard InChI is InChI=1S/C29H33N3O5S/c1-2-3-4-16-37-25-12-8-22(9-13-25)29(34)30-24-10-14-26(15-11-24)38(35,36)31-18-21-17-23(20-31)27-6-5-7-28(33)32(27)19-21/h5-15,21,23H,2-4,16-20H2,1H3,(H,30,34)/t21-,23+/m0/s1. The van der Waals surface area contributed by atoms with Crippen LogP contribution in [0.25, 0.3) is 0 Å². The molecule has 1 aromatic heterocycles. The topological polar surface area (TPSA) is 97.7 Å². The predicted octanol–water partition coefficient (Wildman–Crippen LogP) is 4.48. The zero-order valence-electron chi connectivity index (χ0n) is 21.5. The number of nitrogens with zero attached hydrogens (tertiary/aromatic N) is 2. The van der Waals surface area contributed by atoms with Gasteiger partial charge in [0.05, 0.1) is 11.5 Å². The predicted molar refractivity (Wildman–Crippen MR) is 146 cm³/mol. The number of hydrogen-bond acceptors (Lipinski definition) is 5. The van der Waals surface area contributed by atoms with Crippen molar-refractivity contribution in [3.63, 3.8) is 0 Å². The summed E-state index contributed by atoms with van der Waals surface area (Å²) in [6, 6.07) is 18.5. The Labute approximate surface area is 223 Å². The molecular formula is C29H33N3O5S. The highest BCUT2D eigenvalue weighted by atomic mass is 32.2. The van der Waals surface area contributed by atoms with Crippen LogP contribution >= 0.6 is 0 Å². The second-order valence-corrected chi connectivity index (χ2v) is 12.0. The Hall–Kier alpha value is -3.43. The summed E-state index contributed by atoms with van der Waals surface area (Å²) in [5, 5.41) is 2.82. The third kappa shape index (κ3) is 5.54. The first-order valence-corrected chi connectivity index (χ1v) is 14.6. The average Bonchev–Trinajstić information content (AvgIpc) is 2.92. The molecule has 200 valence electrons. The highest BCUT2D eigenvalue weighted by Gasteiger charge is 2.39. The SMILES string of the molecule is CCCCCOc1ccc(C(=O)Nc2ccc(S(=O)(=O)N3C[C@@H]4C[C@H](C3)c3cccc(=O)n3C4)cc2)cc1. The normalized spacial score (nSPS) is 19.0. The summed E-state index contributed by atoms with van der Waals surface area (Å²) < 4.78 is 35.9. The summed E-state index contributed by atoms with van der Waals surface area (Å²) in [4.78, 5) is 25.1. The van der Waals surface area contributed by atoms with E-state index in [1.807, 2.05) is 6.07 Å². The monoisotopic (exact) mass is 535 g/mol. The molecule has 1 amide bonds. The summed E-state index contributed by atoms with van der Waals surface area (Å²) in [6.07, 6.45) is 4.13. The van der Waals surface area contributed by atoms with Crippen LogP contribution in [0.3, 0.4) is 0 Å². The van der Waals surface area contributed by atoms with E-state index in [1.54, 1.807) is 53.1 Å². The minimum atomic E-state index is -3.71. The number of anilines is 1. The van der Waals surface area contributed by atoms with Gasteiger partial charge >= 0.3 is 0 Å². The number of piperidine rings is 1. The Morgan fingerprint density at radius 3 is 2.47 bits per heavy atom. The molecule has 2 aliphatic heterocycles. The molecular weight excluding hydrogens is 502 g/mol. The van der Waals surface area contributed by atoms with E-state index in [4.69, 9.17) is 4.74 Å². The number of pyridine rings is 1. The molecule has 0 aliphatic carbocycles. The third-order valence-electron chi connectivity index (χ3n) is 7.33. The van der Waals surface area contributed by atoms with E-state index in [1.165, 1.54) is 16.4 Å². The van der Waals surface area contributed by atoms with Crippen LogP contribution in [-0.2, 0) is 16.6 Å². The minimum absolute atomic E-state index is 0.00198. The van der Waals surface area contributed by atoms with E-state index in [0.717, 1.165) is 37.1 Å². The maximum atomic E-state index is 13.5. The van der Waals surface area contributed by atoms with E-state index in [9.17, 15) is 18.0 Å². The molecule has 2 aliphatic rings. The molecule has 2 aromatic carbocycles. The van der Waals surface area contributed by atoms with Gasteiger partial charge in [-0.3, -0.25) is 9.59 Å². The summed E-state index contributed by atoms with van der Waals surface area (Å²) in [6.45, 7) is 4.06. The van der Waals surface area contributed by atoms with E-state index in [-0.39, 0.29) is 28.2 Å². The minimum Gasteiger partial charge on any atom is -0.494 e. The van der Waals surface area contributed by atoms with Crippen LogP contribution in [0.2, 0.25) is 0 Å². The van der Waals surface area contributed by atoms with Crippen molar-refractivity contribution < 1.29 is 17.9 Å². The van der Waals surface area contributed by atoms with Crippen molar-refractivity contribution in [3.05, 3.63) is 88.3 Å². The number of carbonyl (C=O) groups is 1. The molecule has 0 radical (unpaired) electrons. The van der Waals surface area contributed by atoms with Gasteiger partial charge in [0.1, 0.15) is 5.75 Å². The van der Waals surface area contributed by atoms with E-state index in [2.05, 4.69) is 12.2 Å². The number of nitrogens with one attached hydrogen (secondary N) is 1. The van der Waals surface area contributed by atoms with Crippen LogP contribution in [0.15, 0.2) is 76.4 Å². The first kappa shape index (κ1) is 26.2. The fourth-order valence-electron chi connectivity index (χ4n) is 5.36. The number of aromatic nitrogens is 1. The lowest BCUT2D eigenvalue weighted by Gasteiger charge is -2.42. The number of hydrogen-bond donors (Lipinski definition) is 1. The zero-order chi connectivity index (χ0) is 26.7. The molecule has 2 atom stereocenters. The molecule has 8 nitrogen and oxygen atoms in total. The highest BCUT2D eigenvalue weighted by Crippen LogP contribution is 2.37. The summed E-state index contributed by atoms with van der Waals surface area (Å²) >= 11 is 0. The molecule has 0 saturated carbocycles. The largest absolute Gasteiger partial charge is 0.494 e. The molecule has 5 rings (SSSR count). The molecule has 2 bridgehead atoms. The number of fused-ring (bicyclic) bond motifs is 4. The second kappa shape index (κ2) is 11.1. The summed E-state index contributed by atoms with van der Waals surface area (Å²) in [5.41, 5.74) is 1.88. The quantitative estimate of drug-likeness (QED) is 0.408. The van der Waals surface area contributed by atoms with Gasteiger partial charge in [-0.15, -0.1) is 0 Å². The Kier molecular flexibility index (Phi) is 7.67. The van der Waals surface area contributed by atoms with Gasteiger partial charge in [0.15, 0.2) is 0 Å². The fourth-order valence-corrected chi connectivity index (χ4v) is 6.92. The maximum Gasteiger partial charge on any atom is 0.255 e. The van der Waals surface area contributed by atoms with E-state index < -0.39 is 10.0 Å². The molecule has 38 heavy (non-hydrogen) atoms. The van der Waals surface area contributed by atoms with Crippen molar-refractivity contribution in [1.82, 2.24) is 8.87 Å². The Morgan fingerprint density at radius 2 is 1.74 bits per heavy atom. The van der Waals surface area contributed by atoms with Crippen molar-refractivity contribution in [1.29, 1.82) is 0 Å². The number of ether oxygens (including phenoxy) is 1. The number of unbranched alkanes of at least 4 members (excludes halogenated alkanes) is 2. The van der Waals surface area contributed by atoms with E-state index >= 15 is 0 Å². The van der Waals surface area contributed by atoms with Crippen LogP contribution in [0.5, 0.6) is 5.75 Å². The molecule has 3 heterocycles. The van der Waals surface area contributed by atoms with Crippen molar-refractivity contribution in [2.45, 2.75) is 50.0 Å². The van der Waals surface area contributed by atoms with Gasteiger partial charge in [-0.1, -0.05) is 25.8 Å². The number of rotatable bonds is 9. The lowest BCUT2D eigenvalue weighted by molar-refractivity contribution is 0.102. The number of sulfonamides is 1.